The zero-order valence-corrected chi connectivity index (χ0v) is 6.81. The number of halogens is 2. The Morgan fingerprint density at radius 3 is 1.36 bits per heavy atom. The van der Waals surface area contributed by atoms with Gasteiger partial charge in [-0.1, -0.05) is 0 Å². The lowest BCUT2D eigenvalue weighted by atomic mass is 10.1. The number of nitrogens with zero attached hydrogens (tertiary/aromatic N) is 2. The maximum atomic E-state index is 13.1. The molecule has 0 aliphatic carbocycles. The van der Waals surface area contributed by atoms with Crippen LogP contribution in [0.5, 0.6) is 0 Å². The molecule has 1 rings (SSSR count). The van der Waals surface area contributed by atoms with Crippen LogP contribution in [0.15, 0.2) is 0 Å². The Kier molecular flexibility index (Phi) is 2.22. The molecule has 1 aromatic rings. The number of nitrogen functional groups attached to an aromatic ring is 2. The summed E-state index contributed by atoms with van der Waals surface area (Å²) in [6, 6.07) is 2.70. The van der Waals surface area contributed by atoms with E-state index < -0.39 is 34.1 Å². The van der Waals surface area contributed by atoms with E-state index in [9.17, 15) is 8.78 Å². The van der Waals surface area contributed by atoms with E-state index in [0.717, 1.165) is 0 Å². The van der Waals surface area contributed by atoms with Crippen molar-refractivity contribution in [2.75, 3.05) is 11.5 Å². The predicted molar refractivity (Wildman–Crippen MR) is 44.6 cm³/mol. The Balaban J connectivity index is 3.79. The molecule has 14 heavy (non-hydrogen) atoms. The second-order valence-corrected chi connectivity index (χ2v) is 2.43. The van der Waals surface area contributed by atoms with Crippen LogP contribution in [0.4, 0.5) is 20.2 Å². The normalized spacial score (nSPS) is 9.14. The molecular weight excluding hydrogens is 190 g/mol. The Hall–Kier alpha value is -2.34. The van der Waals surface area contributed by atoms with Gasteiger partial charge in [-0.2, -0.15) is 10.5 Å². The summed E-state index contributed by atoms with van der Waals surface area (Å²) < 4.78 is 26.3. The molecule has 1 aromatic carbocycles. The first kappa shape index (κ1) is 9.75. The van der Waals surface area contributed by atoms with Gasteiger partial charge in [0.05, 0.1) is 11.4 Å². The van der Waals surface area contributed by atoms with Crippen molar-refractivity contribution in [1.29, 1.82) is 10.5 Å². The van der Waals surface area contributed by atoms with Crippen molar-refractivity contribution in [3.8, 4) is 12.1 Å². The van der Waals surface area contributed by atoms with Crippen LogP contribution in [0.3, 0.4) is 0 Å². The van der Waals surface area contributed by atoms with E-state index in [2.05, 4.69) is 0 Å². The Morgan fingerprint density at radius 2 is 1.14 bits per heavy atom. The quantitative estimate of drug-likeness (QED) is 0.598. The van der Waals surface area contributed by atoms with E-state index in [-0.39, 0.29) is 0 Å². The molecule has 6 heteroatoms. The van der Waals surface area contributed by atoms with Gasteiger partial charge < -0.3 is 11.5 Å². The molecule has 0 amide bonds. The third-order valence-corrected chi connectivity index (χ3v) is 1.68. The minimum absolute atomic E-state index is 0.655. The molecule has 0 bridgehead atoms. The highest BCUT2D eigenvalue weighted by atomic mass is 19.1. The fraction of sp³-hybridized carbons (Fsp3) is 0. The average Bonchev–Trinajstić information content (AvgIpc) is 2.20. The van der Waals surface area contributed by atoms with Gasteiger partial charge in [0, 0.05) is 0 Å². The summed E-state index contributed by atoms with van der Waals surface area (Å²) in [7, 11) is 0. The summed E-state index contributed by atoms with van der Waals surface area (Å²) in [4.78, 5) is 0. The van der Waals surface area contributed by atoms with E-state index >= 15 is 0 Å². The Morgan fingerprint density at radius 1 is 0.857 bits per heavy atom. The summed E-state index contributed by atoms with van der Waals surface area (Å²) in [6.07, 6.45) is 0. The number of nitriles is 2. The smallest absolute Gasteiger partial charge is 0.167 e. The van der Waals surface area contributed by atoms with Crippen LogP contribution in [0.25, 0.3) is 0 Å². The second-order valence-electron chi connectivity index (χ2n) is 2.43. The highest BCUT2D eigenvalue weighted by molar-refractivity contribution is 5.71. The van der Waals surface area contributed by atoms with Gasteiger partial charge >= 0.3 is 0 Å². The molecule has 0 aliphatic rings. The lowest BCUT2D eigenvalue weighted by Crippen LogP contribution is -2.06. The molecule has 4 N–H and O–H groups in total. The number of hydrogen-bond donors (Lipinski definition) is 2. The van der Waals surface area contributed by atoms with Gasteiger partial charge in [-0.15, -0.1) is 0 Å². The van der Waals surface area contributed by atoms with E-state index in [4.69, 9.17) is 22.0 Å². The molecule has 0 heterocycles. The van der Waals surface area contributed by atoms with Crippen LogP contribution >= 0.6 is 0 Å². The molecule has 0 saturated carbocycles. The SMILES string of the molecule is N#Cc1c(F)c(N)c(N)c(F)c1C#N. The second kappa shape index (κ2) is 3.19. The minimum Gasteiger partial charge on any atom is -0.395 e. The molecule has 4 nitrogen and oxygen atoms in total. The van der Waals surface area contributed by atoms with Crippen LogP contribution in [-0.4, -0.2) is 0 Å². The fourth-order valence-electron chi connectivity index (χ4n) is 0.935. The van der Waals surface area contributed by atoms with Gasteiger partial charge in [0.1, 0.15) is 23.3 Å². The zero-order valence-electron chi connectivity index (χ0n) is 6.81. The van der Waals surface area contributed by atoms with Crippen LogP contribution in [0.1, 0.15) is 11.1 Å². The van der Waals surface area contributed by atoms with Crippen LogP contribution < -0.4 is 11.5 Å². The van der Waals surface area contributed by atoms with Crippen molar-refractivity contribution >= 4 is 11.4 Å². The predicted octanol–water partition coefficient (Wildman–Crippen LogP) is 0.873. The summed E-state index contributed by atoms with van der Waals surface area (Å²) in [5.74, 6) is -2.33. The maximum Gasteiger partial charge on any atom is 0.167 e. The molecule has 70 valence electrons. The number of anilines is 2. The van der Waals surface area contributed by atoms with Crippen molar-refractivity contribution in [3.05, 3.63) is 22.8 Å². The first-order chi connectivity index (χ1) is 6.54. The van der Waals surface area contributed by atoms with Gasteiger partial charge in [-0.3, -0.25) is 0 Å². The molecule has 0 fully saturated rings. The third kappa shape index (κ3) is 1.10. The minimum atomic E-state index is -1.16. The van der Waals surface area contributed by atoms with Gasteiger partial charge in [-0.25, -0.2) is 8.78 Å². The molecule has 0 aromatic heterocycles. The summed E-state index contributed by atoms with van der Waals surface area (Å²) >= 11 is 0. The lowest BCUT2D eigenvalue weighted by molar-refractivity contribution is 0.601. The summed E-state index contributed by atoms with van der Waals surface area (Å²) in [5.41, 5.74) is 7.40. The van der Waals surface area contributed by atoms with E-state index in [0.29, 0.717) is 0 Å². The van der Waals surface area contributed by atoms with Crippen molar-refractivity contribution in [3.63, 3.8) is 0 Å². The fourth-order valence-corrected chi connectivity index (χ4v) is 0.935. The largest absolute Gasteiger partial charge is 0.395 e. The van der Waals surface area contributed by atoms with Crippen molar-refractivity contribution in [1.82, 2.24) is 0 Å². The van der Waals surface area contributed by atoms with Crippen molar-refractivity contribution in [2.45, 2.75) is 0 Å². The summed E-state index contributed by atoms with van der Waals surface area (Å²) in [5, 5.41) is 16.9. The molecular formula is C8H4F2N4. The highest BCUT2D eigenvalue weighted by Gasteiger charge is 2.21. The topological polar surface area (TPSA) is 99.6 Å². The van der Waals surface area contributed by atoms with Crippen molar-refractivity contribution < 1.29 is 8.78 Å². The molecule has 0 unspecified atom stereocenters. The maximum absolute atomic E-state index is 13.1. The van der Waals surface area contributed by atoms with Crippen LogP contribution in [0, 0.1) is 34.3 Å². The molecule has 0 radical (unpaired) electrons. The van der Waals surface area contributed by atoms with Gasteiger partial charge in [-0.05, 0) is 0 Å². The average molecular weight is 194 g/mol. The Bertz CT molecular complexity index is 437. The number of benzene rings is 1. The van der Waals surface area contributed by atoms with Gasteiger partial charge in [0.25, 0.3) is 0 Å². The lowest BCUT2D eigenvalue weighted by Gasteiger charge is -2.06. The number of hydrogen-bond acceptors (Lipinski definition) is 4. The van der Waals surface area contributed by atoms with Crippen molar-refractivity contribution in [2.24, 2.45) is 0 Å². The number of rotatable bonds is 0. The monoisotopic (exact) mass is 194 g/mol. The van der Waals surface area contributed by atoms with E-state index in [1.807, 2.05) is 0 Å². The molecule has 0 spiro atoms. The standard InChI is InChI=1S/C8H4F2N4/c9-5-3(1-11)4(2-12)6(10)8(14)7(5)13/h13-14H2. The van der Waals surface area contributed by atoms with E-state index in [1.54, 1.807) is 0 Å². The summed E-state index contributed by atoms with van der Waals surface area (Å²) in [6.45, 7) is 0. The van der Waals surface area contributed by atoms with Gasteiger partial charge in [0.2, 0.25) is 0 Å². The molecule has 0 atom stereocenters. The molecule has 0 saturated heterocycles. The van der Waals surface area contributed by atoms with Crippen LogP contribution in [-0.2, 0) is 0 Å². The zero-order chi connectivity index (χ0) is 10.9. The molecule has 0 aliphatic heterocycles. The Labute approximate surface area is 78.0 Å². The first-order valence-electron chi connectivity index (χ1n) is 3.40. The first-order valence-corrected chi connectivity index (χ1v) is 3.40. The van der Waals surface area contributed by atoms with E-state index in [1.165, 1.54) is 12.1 Å². The van der Waals surface area contributed by atoms with Crippen LogP contribution in [0.2, 0.25) is 0 Å². The highest BCUT2D eigenvalue weighted by Crippen LogP contribution is 2.28. The third-order valence-electron chi connectivity index (χ3n) is 1.68. The van der Waals surface area contributed by atoms with Gasteiger partial charge in [0.15, 0.2) is 11.6 Å². The number of nitrogens with two attached hydrogens (primary N) is 2.